The number of rotatable bonds is 9. The van der Waals surface area contributed by atoms with Crippen LogP contribution in [0.15, 0.2) is 54.7 Å². The Bertz CT molecular complexity index is 1210. The number of carbonyl (C=O) groups excluding carboxylic acids is 2. The maximum Gasteiger partial charge on any atom is 0.407 e. The molecule has 3 aromatic rings. The van der Waals surface area contributed by atoms with E-state index in [2.05, 4.69) is 27.9 Å². The summed E-state index contributed by atoms with van der Waals surface area (Å²) in [6.07, 6.45) is 1.66. The minimum atomic E-state index is -1.09. The van der Waals surface area contributed by atoms with Crippen LogP contribution in [0.3, 0.4) is 0 Å². The van der Waals surface area contributed by atoms with Gasteiger partial charge in [-0.2, -0.15) is 5.10 Å². The number of carboxylic acid groups (broad SMARTS) is 1. The summed E-state index contributed by atoms with van der Waals surface area (Å²) in [7, 11) is 1.65. The summed E-state index contributed by atoms with van der Waals surface area (Å²) in [6.45, 7) is 2.02. The van der Waals surface area contributed by atoms with Gasteiger partial charge in [-0.1, -0.05) is 61.9 Å². The third-order valence-electron chi connectivity index (χ3n) is 6.23. The number of nitrogens with zero attached hydrogens (tertiary/aromatic N) is 2. The van der Waals surface area contributed by atoms with E-state index in [1.165, 1.54) is 10.9 Å². The molecule has 0 saturated heterocycles. The van der Waals surface area contributed by atoms with E-state index in [0.717, 1.165) is 22.3 Å². The summed E-state index contributed by atoms with van der Waals surface area (Å²) in [5.41, 5.74) is 5.17. The molecule has 1 aromatic heterocycles. The van der Waals surface area contributed by atoms with Gasteiger partial charge in [0.25, 0.3) is 5.91 Å². The minimum absolute atomic E-state index is 0.00143. The zero-order chi connectivity index (χ0) is 24.9. The molecule has 4 rings (SSSR count). The molecule has 9 heteroatoms. The van der Waals surface area contributed by atoms with Crippen LogP contribution in [-0.4, -0.2) is 45.5 Å². The topological polar surface area (TPSA) is 123 Å². The van der Waals surface area contributed by atoms with E-state index in [-0.39, 0.29) is 24.6 Å². The lowest BCUT2D eigenvalue weighted by Crippen LogP contribution is -2.41. The Labute approximate surface area is 203 Å². The molecule has 182 valence electrons. The second-order valence-electron chi connectivity index (χ2n) is 8.46. The number of benzene rings is 2. The zero-order valence-electron chi connectivity index (χ0n) is 19.7. The third-order valence-corrected chi connectivity index (χ3v) is 6.23. The Hall–Kier alpha value is -4.14. The van der Waals surface area contributed by atoms with Gasteiger partial charge in [-0.15, -0.1) is 0 Å². The Balaban J connectivity index is 1.38. The van der Waals surface area contributed by atoms with Crippen molar-refractivity contribution in [3.63, 3.8) is 0 Å². The van der Waals surface area contributed by atoms with Crippen molar-refractivity contribution in [2.24, 2.45) is 7.05 Å². The first-order valence-corrected chi connectivity index (χ1v) is 11.5. The van der Waals surface area contributed by atoms with Gasteiger partial charge in [-0.3, -0.25) is 9.48 Å². The van der Waals surface area contributed by atoms with Crippen molar-refractivity contribution in [3.05, 3.63) is 77.1 Å². The van der Waals surface area contributed by atoms with Crippen LogP contribution in [0.2, 0.25) is 0 Å². The van der Waals surface area contributed by atoms with Gasteiger partial charge in [0, 0.05) is 13.0 Å². The minimum Gasteiger partial charge on any atom is -0.480 e. The fourth-order valence-corrected chi connectivity index (χ4v) is 4.45. The van der Waals surface area contributed by atoms with E-state index in [1.807, 2.05) is 43.3 Å². The number of aliphatic carboxylic acids is 1. The second kappa shape index (κ2) is 10.4. The van der Waals surface area contributed by atoms with Gasteiger partial charge < -0.3 is 20.5 Å². The number of carbonyl (C=O) groups is 3. The van der Waals surface area contributed by atoms with Crippen LogP contribution in [0.4, 0.5) is 4.79 Å². The number of ether oxygens (including phenoxy) is 1. The fraction of sp³-hybridized carbons (Fsp3) is 0.308. The molecule has 0 radical (unpaired) electrons. The molecule has 2 amide bonds. The molecule has 1 unspecified atom stereocenters. The van der Waals surface area contributed by atoms with Gasteiger partial charge in [0.15, 0.2) is 0 Å². The Kier molecular flexibility index (Phi) is 7.14. The number of hydrogen-bond donors (Lipinski definition) is 3. The molecular formula is C26H28N4O5. The van der Waals surface area contributed by atoms with Crippen molar-refractivity contribution >= 4 is 18.0 Å². The van der Waals surface area contributed by atoms with Crippen LogP contribution >= 0.6 is 0 Å². The predicted octanol–water partition coefficient (Wildman–Crippen LogP) is 3.44. The normalized spacial score (nSPS) is 13.0. The molecule has 0 aliphatic heterocycles. The molecule has 1 atom stereocenters. The fourth-order valence-electron chi connectivity index (χ4n) is 4.45. The standard InChI is InChI=1S/C26H28N4O5/c1-3-8-22(25(32)33)29-24(31)20-13-28-30(2)23(20)14-27-26(34)35-15-21-18-11-6-4-9-16(18)17-10-5-7-12-19(17)21/h4-7,9-13,21-22H,3,8,14-15H2,1-2H3,(H,27,34)(H,29,31)(H,32,33). The molecule has 1 aliphatic rings. The maximum absolute atomic E-state index is 12.7. The molecule has 9 nitrogen and oxygen atoms in total. The quantitative estimate of drug-likeness (QED) is 0.435. The molecular weight excluding hydrogens is 448 g/mol. The highest BCUT2D eigenvalue weighted by molar-refractivity contribution is 5.97. The SMILES string of the molecule is CCCC(NC(=O)c1cnn(C)c1CNC(=O)OCC1c2ccccc2-c2ccccc21)C(=O)O. The predicted molar refractivity (Wildman–Crippen MR) is 129 cm³/mol. The monoisotopic (exact) mass is 476 g/mol. The van der Waals surface area contributed by atoms with E-state index in [4.69, 9.17) is 4.74 Å². The number of hydrogen-bond acceptors (Lipinski definition) is 5. The lowest BCUT2D eigenvalue weighted by atomic mass is 9.98. The van der Waals surface area contributed by atoms with Gasteiger partial charge in [-0.25, -0.2) is 9.59 Å². The maximum atomic E-state index is 12.7. The molecule has 1 aliphatic carbocycles. The van der Waals surface area contributed by atoms with Gasteiger partial charge >= 0.3 is 12.1 Å². The van der Waals surface area contributed by atoms with Crippen molar-refractivity contribution in [1.82, 2.24) is 20.4 Å². The van der Waals surface area contributed by atoms with E-state index in [1.54, 1.807) is 7.05 Å². The summed E-state index contributed by atoms with van der Waals surface area (Å²) < 4.78 is 7.01. The highest BCUT2D eigenvalue weighted by Gasteiger charge is 2.29. The van der Waals surface area contributed by atoms with Gasteiger partial charge in [0.1, 0.15) is 12.6 Å². The lowest BCUT2D eigenvalue weighted by Gasteiger charge is -2.15. The Morgan fingerprint density at radius 3 is 2.31 bits per heavy atom. The van der Waals surface area contributed by atoms with Crippen molar-refractivity contribution in [3.8, 4) is 11.1 Å². The number of fused-ring (bicyclic) bond motifs is 3. The van der Waals surface area contributed by atoms with E-state index in [0.29, 0.717) is 18.5 Å². The number of alkyl carbamates (subject to hydrolysis) is 1. The van der Waals surface area contributed by atoms with Crippen LogP contribution < -0.4 is 10.6 Å². The van der Waals surface area contributed by atoms with Crippen LogP contribution in [0.1, 0.15) is 52.9 Å². The highest BCUT2D eigenvalue weighted by Crippen LogP contribution is 2.44. The molecule has 0 saturated carbocycles. The Morgan fingerprint density at radius 2 is 1.71 bits per heavy atom. The summed E-state index contributed by atoms with van der Waals surface area (Å²) in [6, 6.07) is 15.2. The number of aromatic nitrogens is 2. The van der Waals surface area contributed by atoms with Crippen molar-refractivity contribution in [2.45, 2.75) is 38.3 Å². The van der Waals surface area contributed by atoms with Crippen molar-refractivity contribution in [2.75, 3.05) is 6.61 Å². The lowest BCUT2D eigenvalue weighted by molar-refractivity contribution is -0.139. The molecule has 0 bridgehead atoms. The van der Waals surface area contributed by atoms with Gasteiger partial charge in [0.05, 0.1) is 24.0 Å². The van der Waals surface area contributed by atoms with Crippen LogP contribution in [0.5, 0.6) is 0 Å². The molecule has 35 heavy (non-hydrogen) atoms. The van der Waals surface area contributed by atoms with Crippen LogP contribution in [-0.2, 0) is 23.1 Å². The average molecular weight is 477 g/mol. The second-order valence-corrected chi connectivity index (χ2v) is 8.46. The molecule has 0 spiro atoms. The molecule has 3 N–H and O–H groups in total. The molecule has 2 aromatic carbocycles. The number of nitrogens with one attached hydrogen (secondary N) is 2. The molecule has 0 fully saturated rings. The summed E-state index contributed by atoms with van der Waals surface area (Å²) in [5.74, 6) is -1.71. The van der Waals surface area contributed by atoms with Gasteiger partial charge in [-0.05, 0) is 28.7 Å². The number of amides is 2. The summed E-state index contributed by atoms with van der Waals surface area (Å²) in [4.78, 5) is 36.6. The zero-order valence-corrected chi connectivity index (χ0v) is 19.7. The first kappa shape index (κ1) is 24.0. The largest absolute Gasteiger partial charge is 0.480 e. The first-order valence-electron chi connectivity index (χ1n) is 11.5. The number of aryl methyl sites for hydroxylation is 1. The van der Waals surface area contributed by atoms with Crippen LogP contribution in [0.25, 0.3) is 11.1 Å². The smallest absolute Gasteiger partial charge is 0.407 e. The Morgan fingerprint density at radius 1 is 1.09 bits per heavy atom. The van der Waals surface area contributed by atoms with E-state index < -0.39 is 24.0 Å². The first-order chi connectivity index (χ1) is 16.9. The molecule has 1 heterocycles. The summed E-state index contributed by atoms with van der Waals surface area (Å²) in [5, 5.41) is 18.6. The van der Waals surface area contributed by atoms with E-state index >= 15 is 0 Å². The van der Waals surface area contributed by atoms with Gasteiger partial charge in [0.2, 0.25) is 0 Å². The summed E-state index contributed by atoms with van der Waals surface area (Å²) >= 11 is 0. The highest BCUT2D eigenvalue weighted by atomic mass is 16.5. The number of carboxylic acids is 1. The van der Waals surface area contributed by atoms with Crippen molar-refractivity contribution in [1.29, 1.82) is 0 Å². The average Bonchev–Trinajstić information content (AvgIpc) is 3.38. The third kappa shape index (κ3) is 5.03. The van der Waals surface area contributed by atoms with Crippen molar-refractivity contribution < 1.29 is 24.2 Å². The van der Waals surface area contributed by atoms with E-state index in [9.17, 15) is 19.5 Å². The van der Waals surface area contributed by atoms with Crippen LogP contribution in [0, 0.1) is 0 Å².